The number of halogens is 1. The SMILES string of the molecule is CC(C)Cc1ccc(OCCCOc2ccc3c(c2)OC(C)(C(=O)O)CC3)c(Cl)c1. The van der Waals surface area contributed by atoms with Crippen LogP contribution in [0.3, 0.4) is 0 Å². The average Bonchev–Trinajstić information content (AvgIpc) is 2.68. The Labute approximate surface area is 182 Å². The van der Waals surface area contributed by atoms with Crippen LogP contribution in [0.1, 0.15) is 44.7 Å². The van der Waals surface area contributed by atoms with E-state index in [1.807, 2.05) is 24.3 Å². The Bertz CT molecular complexity index is 895. The minimum atomic E-state index is -1.19. The summed E-state index contributed by atoms with van der Waals surface area (Å²) in [5.41, 5.74) is 1.02. The Kier molecular flexibility index (Phi) is 7.14. The van der Waals surface area contributed by atoms with Gasteiger partial charge in [-0.05, 0) is 55.0 Å². The number of carboxylic acid groups (broad SMARTS) is 1. The van der Waals surface area contributed by atoms with Gasteiger partial charge in [0.05, 0.1) is 18.2 Å². The second kappa shape index (κ2) is 9.61. The summed E-state index contributed by atoms with van der Waals surface area (Å²) in [6.07, 6.45) is 2.80. The van der Waals surface area contributed by atoms with Crippen LogP contribution in [0.2, 0.25) is 5.02 Å². The topological polar surface area (TPSA) is 65.0 Å². The Morgan fingerprint density at radius 2 is 1.97 bits per heavy atom. The van der Waals surface area contributed by atoms with E-state index in [0.29, 0.717) is 60.7 Å². The van der Waals surface area contributed by atoms with Gasteiger partial charge >= 0.3 is 5.97 Å². The molecule has 1 aliphatic rings. The van der Waals surface area contributed by atoms with Gasteiger partial charge in [-0.1, -0.05) is 37.6 Å². The molecule has 0 aromatic heterocycles. The van der Waals surface area contributed by atoms with Crippen LogP contribution in [0.5, 0.6) is 17.2 Å². The van der Waals surface area contributed by atoms with Crippen molar-refractivity contribution in [2.45, 2.75) is 52.1 Å². The molecule has 2 aromatic carbocycles. The van der Waals surface area contributed by atoms with Crippen LogP contribution in [0, 0.1) is 5.92 Å². The molecule has 1 aliphatic heterocycles. The van der Waals surface area contributed by atoms with Gasteiger partial charge in [-0.3, -0.25) is 0 Å². The third-order valence-corrected chi connectivity index (χ3v) is 5.45. The maximum Gasteiger partial charge on any atom is 0.347 e. The molecule has 0 aliphatic carbocycles. The van der Waals surface area contributed by atoms with Crippen LogP contribution in [0.15, 0.2) is 36.4 Å². The Morgan fingerprint density at radius 1 is 1.20 bits per heavy atom. The molecule has 0 saturated heterocycles. The molecule has 162 valence electrons. The number of aliphatic carboxylic acids is 1. The van der Waals surface area contributed by atoms with Crippen molar-refractivity contribution in [3.63, 3.8) is 0 Å². The van der Waals surface area contributed by atoms with Crippen molar-refractivity contribution < 1.29 is 24.1 Å². The summed E-state index contributed by atoms with van der Waals surface area (Å²) in [4.78, 5) is 11.4. The van der Waals surface area contributed by atoms with E-state index < -0.39 is 11.6 Å². The number of fused-ring (bicyclic) bond motifs is 1. The van der Waals surface area contributed by atoms with Gasteiger partial charge < -0.3 is 19.3 Å². The lowest BCUT2D eigenvalue weighted by molar-refractivity contribution is -0.155. The first-order valence-corrected chi connectivity index (χ1v) is 10.7. The van der Waals surface area contributed by atoms with Crippen molar-refractivity contribution in [2.24, 2.45) is 5.92 Å². The van der Waals surface area contributed by atoms with Crippen LogP contribution in [0.25, 0.3) is 0 Å². The van der Waals surface area contributed by atoms with Crippen LogP contribution in [-0.2, 0) is 17.6 Å². The third kappa shape index (κ3) is 5.60. The fraction of sp³-hybridized carbons (Fsp3) is 0.458. The first kappa shape index (κ1) is 22.3. The van der Waals surface area contributed by atoms with E-state index in [-0.39, 0.29) is 0 Å². The summed E-state index contributed by atoms with van der Waals surface area (Å²) in [5.74, 6) is 1.54. The summed E-state index contributed by atoms with van der Waals surface area (Å²) >= 11 is 6.32. The molecule has 0 fully saturated rings. The van der Waals surface area contributed by atoms with Crippen LogP contribution < -0.4 is 14.2 Å². The highest BCUT2D eigenvalue weighted by Gasteiger charge is 2.39. The summed E-state index contributed by atoms with van der Waals surface area (Å²) in [5, 5.41) is 10.0. The Morgan fingerprint density at radius 3 is 2.67 bits per heavy atom. The van der Waals surface area contributed by atoms with Crippen molar-refractivity contribution in [1.82, 2.24) is 0 Å². The minimum absolute atomic E-state index is 0.452. The van der Waals surface area contributed by atoms with Gasteiger partial charge in [-0.25, -0.2) is 4.79 Å². The molecule has 1 N–H and O–H groups in total. The van der Waals surface area contributed by atoms with Crippen LogP contribution >= 0.6 is 11.6 Å². The average molecular weight is 433 g/mol. The second-order valence-corrected chi connectivity index (χ2v) is 8.73. The zero-order chi connectivity index (χ0) is 21.7. The molecule has 0 spiro atoms. The van der Waals surface area contributed by atoms with E-state index >= 15 is 0 Å². The molecule has 1 unspecified atom stereocenters. The lowest BCUT2D eigenvalue weighted by Gasteiger charge is -2.32. The van der Waals surface area contributed by atoms with Gasteiger partial charge in [0.2, 0.25) is 5.60 Å². The van der Waals surface area contributed by atoms with E-state index in [1.54, 1.807) is 13.0 Å². The monoisotopic (exact) mass is 432 g/mol. The number of rotatable bonds is 9. The highest BCUT2D eigenvalue weighted by Crippen LogP contribution is 2.36. The number of carboxylic acids is 1. The second-order valence-electron chi connectivity index (χ2n) is 8.32. The summed E-state index contributed by atoms with van der Waals surface area (Å²) in [6.45, 7) is 6.92. The highest BCUT2D eigenvalue weighted by atomic mass is 35.5. The zero-order valence-corrected chi connectivity index (χ0v) is 18.5. The zero-order valence-electron chi connectivity index (χ0n) is 17.7. The van der Waals surface area contributed by atoms with Crippen LogP contribution in [-0.4, -0.2) is 29.9 Å². The molecular formula is C24H29ClO5. The third-order valence-electron chi connectivity index (χ3n) is 5.15. The van der Waals surface area contributed by atoms with Gasteiger partial charge in [-0.15, -0.1) is 0 Å². The summed E-state index contributed by atoms with van der Waals surface area (Å²) in [7, 11) is 0. The van der Waals surface area contributed by atoms with Crippen LogP contribution in [0.4, 0.5) is 0 Å². The predicted molar refractivity (Wildman–Crippen MR) is 117 cm³/mol. The molecule has 0 saturated carbocycles. The maximum atomic E-state index is 11.4. The molecule has 1 atom stereocenters. The molecule has 5 nitrogen and oxygen atoms in total. The van der Waals surface area contributed by atoms with E-state index in [9.17, 15) is 9.90 Å². The van der Waals surface area contributed by atoms with E-state index in [0.717, 1.165) is 12.0 Å². The fourth-order valence-electron chi connectivity index (χ4n) is 3.43. The maximum absolute atomic E-state index is 11.4. The molecule has 0 bridgehead atoms. The van der Waals surface area contributed by atoms with Crippen molar-refractivity contribution in [3.05, 3.63) is 52.5 Å². The number of benzene rings is 2. The van der Waals surface area contributed by atoms with Gasteiger partial charge in [-0.2, -0.15) is 0 Å². The van der Waals surface area contributed by atoms with Crippen molar-refractivity contribution in [3.8, 4) is 17.2 Å². The number of hydrogen-bond donors (Lipinski definition) is 1. The predicted octanol–water partition coefficient (Wildman–Crippen LogP) is 5.55. The minimum Gasteiger partial charge on any atom is -0.493 e. The van der Waals surface area contributed by atoms with Gasteiger partial charge in [0.15, 0.2) is 0 Å². The lowest BCUT2D eigenvalue weighted by Crippen LogP contribution is -2.44. The molecule has 1 heterocycles. The first-order valence-electron chi connectivity index (χ1n) is 10.4. The quantitative estimate of drug-likeness (QED) is 0.526. The normalized spacial score (nSPS) is 17.9. The number of aryl methyl sites for hydroxylation is 1. The molecule has 30 heavy (non-hydrogen) atoms. The van der Waals surface area contributed by atoms with Gasteiger partial charge in [0, 0.05) is 18.9 Å². The van der Waals surface area contributed by atoms with Crippen molar-refractivity contribution in [2.75, 3.05) is 13.2 Å². The Balaban J connectivity index is 1.47. The van der Waals surface area contributed by atoms with E-state index in [1.165, 1.54) is 5.56 Å². The molecule has 0 amide bonds. The van der Waals surface area contributed by atoms with E-state index in [2.05, 4.69) is 19.9 Å². The molecular weight excluding hydrogens is 404 g/mol. The van der Waals surface area contributed by atoms with E-state index in [4.69, 9.17) is 25.8 Å². The molecule has 2 aromatic rings. The van der Waals surface area contributed by atoms with Gasteiger partial charge in [0.1, 0.15) is 17.2 Å². The largest absolute Gasteiger partial charge is 0.493 e. The fourth-order valence-corrected chi connectivity index (χ4v) is 3.69. The van der Waals surface area contributed by atoms with Gasteiger partial charge in [0.25, 0.3) is 0 Å². The number of carbonyl (C=O) groups is 1. The summed E-state index contributed by atoms with van der Waals surface area (Å²) in [6, 6.07) is 11.5. The molecule has 0 radical (unpaired) electrons. The number of hydrogen-bond acceptors (Lipinski definition) is 4. The number of ether oxygens (including phenoxy) is 3. The first-order chi connectivity index (χ1) is 14.3. The highest BCUT2D eigenvalue weighted by molar-refractivity contribution is 6.32. The summed E-state index contributed by atoms with van der Waals surface area (Å²) < 4.78 is 17.3. The standard InChI is InChI=1S/C24H29ClO5/c1-16(2)13-17-5-8-21(20(25)14-17)29-12-4-11-28-19-7-6-18-9-10-24(3,23(26)27)30-22(18)15-19/h5-8,14-16H,4,9-13H2,1-3H3,(H,26,27). The Hall–Kier alpha value is -2.40. The van der Waals surface area contributed by atoms with Crippen molar-refractivity contribution >= 4 is 17.6 Å². The van der Waals surface area contributed by atoms with Crippen molar-refractivity contribution in [1.29, 1.82) is 0 Å². The molecule has 6 heteroatoms. The molecule has 3 rings (SSSR count). The smallest absolute Gasteiger partial charge is 0.347 e. The lowest BCUT2D eigenvalue weighted by atomic mass is 9.93.